The van der Waals surface area contributed by atoms with Crippen LogP contribution in [0.3, 0.4) is 0 Å². The van der Waals surface area contributed by atoms with Gasteiger partial charge in [0.1, 0.15) is 18.4 Å². The molecule has 37 heavy (non-hydrogen) atoms. The van der Waals surface area contributed by atoms with Crippen molar-refractivity contribution in [2.75, 3.05) is 13.2 Å². The maximum Gasteiger partial charge on any atom is 0.264 e. The van der Waals surface area contributed by atoms with Crippen molar-refractivity contribution in [1.82, 2.24) is 14.9 Å². The highest BCUT2D eigenvalue weighted by atomic mass is 32.2. The molecule has 0 fully saturated rings. The number of ether oxygens (including phenoxy) is 1. The first-order chi connectivity index (χ1) is 17.5. The fourth-order valence-electron chi connectivity index (χ4n) is 2.92. The van der Waals surface area contributed by atoms with Gasteiger partial charge in [-0.05, 0) is 63.1 Å². The van der Waals surface area contributed by atoms with Crippen LogP contribution in [-0.4, -0.2) is 53.1 Å². The molecule has 0 saturated carbocycles. The number of hydrogen-bond donors (Lipinski definition) is 5. The van der Waals surface area contributed by atoms with E-state index in [1.165, 1.54) is 41.9 Å². The van der Waals surface area contributed by atoms with Crippen molar-refractivity contribution in [3.8, 4) is 17.6 Å². The molecule has 14 heteroatoms. The Kier molecular flexibility index (Phi) is 10.9. The number of carbonyl (C=O) groups is 1. The van der Waals surface area contributed by atoms with Crippen LogP contribution in [0.5, 0.6) is 5.75 Å². The highest BCUT2D eigenvalue weighted by Gasteiger charge is 2.25. The van der Waals surface area contributed by atoms with Crippen molar-refractivity contribution in [2.45, 2.75) is 42.5 Å². The quantitative estimate of drug-likeness (QED) is 0.0633. The first kappa shape index (κ1) is 29.6. The fourth-order valence-corrected chi connectivity index (χ4v) is 5.11. The van der Waals surface area contributed by atoms with Crippen molar-refractivity contribution in [2.24, 2.45) is 10.7 Å². The lowest BCUT2D eigenvalue weighted by Crippen LogP contribution is -2.45. The van der Waals surface area contributed by atoms with Crippen LogP contribution in [0.15, 0.2) is 63.3 Å². The van der Waals surface area contributed by atoms with E-state index in [0.717, 1.165) is 5.56 Å². The van der Waals surface area contributed by atoms with E-state index in [9.17, 15) is 21.6 Å². The molecule has 200 valence electrons. The molecule has 0 saturated heterocycles. The molecule has 0 radical (unpaired) electrons. The Balaban J connectivity index is 1.98. The van der Waals surface area contributed by atoms with Crippen LogP contribution in [0.4, 0.5) is 0 Å². The average molecular weight is 552 g/mol. The third kappa shape index (κ3) is 9.39. The van der Waals surface area contributed by atoms with Gasteiger partial charge < -0.3 is 10.5 Å². The third-order valence-corrected chi connectivity index (χ3v) is 7.71. The average Bonchev–Trinajstić information content (AvgIpc) is 2.85. The summed E-state index contributed by atoms with van der Waals surface area (Å²) in [6.07, 6.45) is 0.0722. The minimum atomic E-state index is -4.13. The van der Waals surface area contributed by atoms with Gasteiger partial charge in [-0.1, -0.05) is 23.6 Å². The topological polar surface area (TPSA) is 189 Å². The number of hydroxylamine groups is 1. The summed E-state index contributed by atoms with van der Waals surface area (Å²) in [6, 6.07) is 10.3. The molecule has 12 nitrogen and oxygen atoms in total. The van der Waals surface area contributed by atoms with Gasteiger partial charge in [0, 0.05) is 6.54 Å². The monoisotopic (exact) mass is 551 g/mol. The number of nitrogens with one attached hydrogen (secondary N) is 3. The summed E-state index contributed by atoms with van der Waals surface area (Å²) in [5, 5.41) is 9.02. The number of rotatable bonds is 12. The van der Waals surface area contributed by atoms with Crippen LogP contribution >= 0.6 is 0 Å². The standard InChI is InChI=1S/C23H29N5O7S2/c1-3-4-16-35-18-9-13-20(14-10-18)36(31,32)27-21(22(29)26-30)6-5-15-25-23(24)28-37(33,34)19-11-7-17(2)8-12-19/h7-14,21,27,30H,5-6,15-16H2,1-2H3,(H,26,29)(H3,24,25,28)/t21-/m1/s1. The van der Waals surface area contributed by atoms with Gasteiger partial charge >= 0.3 is 0 Å². The van der Waals surface area contributed by atoms with Gasteiger partial charge in [0.25, 0.3) is 15.9 Å². The Morgan fingerprint density at radius 3 is 2.24 bits per heavy atom. The Morgan fingerprint density at radius 2 is 1.65 bits per heavy atom. The van der Waals surface area contributed by atoms with Crippen molar-refractivity contribution < 1.29 is 31.6 Å². The number of amides is 1. The van der Waals surface area contributed by atoms with Crippen LogP contribution in [0.1, 0.15) is 25.3 Å². The second-order valence-electron chi connectivity index (χ2n) is 7.66. The second-order valence-corrected chi connectivity index (χ2v) is 11.1. The predicted molar refractivity (Wildman–Crippen MR) is 137 cm³/mol. The van der Waals surface area contributed by atoms with Crippen molar-refractivity contribution in [3.05, 3.63) is 54.1 Å². The Morgan fingerprint density at radius 1 is 1.05 bits per heavy atom. The molecule has 0 aromatic heterocycles. The first-order valence-electron chi connectivity index (χ1n) is 11.0. The van der Waals surface area contributed by atoms with Gasteiger partial charge in [0.05, 0.1) is 9.79 Å². The Bertz CT molecular complexity index is 1360. The van der Waals surface area contributed by atoms with Crippen LogP contribution < -0.4 is 25.4 Å². The Labute approximate surface area is 216 Å². The zero-order valence-corrected chi connectivity index (χ0v) is 21.9. The Hall–Kier alpha value is -3.64. The maximum atomic E-state index is 12.7. The molecule has 6 N–H and O–H groups in total. The predicted octanol–water partition coefficient (Wildman–Crippen LogP) is 0.623. The van der Waals surface area contributed by atoms with E-state index in [4.69, 9.17) is 15.7 Å². The summed E-state index contributed by atoms with van der Waals surface area (Å²) < 4.78 is 59.9. The number of nitrogens with zero attached hydrogens (tertiary/aromatic N) is 1. The van der Waals surface area contributed by atoms with Gasteiger partial charge in [-0.3, -0.25) is 15.0 Å². The van der Waals surface area contributed by atoms with Crippen LogP contribution in [0.25, 0.3) is 0 Å². The summed E-state index contributed by atoms with van der Waals surface area (Å²) in [6.45, 7) is 3.62. The molecular weight excluding hydrogens is 522 g/mol. The van der Waals surface area contributed by atoms with Gasteiger partial charge in [-0.25, -0.2) is 27.0 Å². The second kappa shape index (κ2) is 13.6. The number of carbonyl (C=O) groups excluding carboxylic acids is 1. The number of hydrogen-bond acceptors (Lipinski definition) is 8. The van der Waals surface area contributed by atoms with Crippen molar-refractivity contribution in [1.29, 1.82) is 0 Å². The number of guanidine groups is 1. The molecule has 0 spiro atoms. The molecule has 0 aliphatic carbocycles. The smallest absolute Gasteiger partial charge is 0.264 e. The molecule has 1 atom stereocenters. The zero-order chi connectivity index (χ0) is 27.5. The minimum Gasteiger partial charge on any atom is -0.481 e. The molecule has 0 aliphatic heterocycles. The van der Waals surface area contributed by atoms with Gasteiger partial charge in [-0.15, -0.1) is 5.92 Å². The highest BCUT2D eigenvalue weighted by Crippen LogP contribution is 2.17. The molecule has 0 heterocycles. The lowest BCUT2D eigenvalue weighted by molar-refractivity contribution is -0.131. The number of aliphatic imine (C=N–C) groups is 1. The van der Waals surface area contributed by atoms with E-state index in [0.29, 0.717) is 5.75 Å². The molecular formula is C23H29N5O7S2. The molecule has 0 bridgehead atoms. The van der Waals surface area contributed by atoms with Crippen molar-refractivity contribution in [3.63, 3.8) is 0 Å². The lowest BCUT2D eigenvalue weighted by Gasteiger charge is -2.17. The molecule has 2 aromatic rings. The van der Waals surface area contributed by atoms with E-state index in [1.807, 2.05) is 6.92 Å². The number of sulfonamides is 2. The van der Waals surface area contributed by atoms with E-state index in [-0.39, 0.29) is 41.7 Å². The number of benzene rings is 2. The fraction of sp³-hybridized carbons (Fsp3) is 0.304. The van der Waals surface area contributed by atoms with Crippen LogP contribution in [0.2, 0.25) is 0 Å². The number of nitrogens with two attached hydrogens (primary N) is 1. The molecule has 1 amide bonds. The molecule has 0 unspecified atom stereocenters. The largest absolute Gasteiger partial charge is 0.481 e. The zero-order valence-electron chi connectivity index (χ0n) is 20.3. The summed E-state index contributed by atoms with van der Waals surface area (Å²) in [7, 11) is -8.05. The van der Waals surface area contributed by atoms with Gasteiger partial charge in [0.15, 0.2) is 0 Å². The normalized spacial score (nSPS) is 12.7. The van der Waals surface area contributed by atoms with Crippen molar-refractivity contribution >= 4 is 31.9 Å². The molecule has 0 aliphatic rings. The highest BCUT2D eigenvalue weighted by molar-refractivity contribution is 7.90. The SMILES string of the molecule is CC#CCOc1ccc(S(=O)(=O)N[C@H](CCCN=C(N)NS(=O)(=O)c2ccc(C)cc2)C(=O)NO)cc1. The van der Waals surface area contributed by atoms with E-state index in [1.54, 1.807) is 19.1 Å². The molecule has 2 rings (SSSR count). The third-order valence-electron chi connectivity index (χ3n) is 4.85. The lowest BCUT2D eigenvalue weighted by atomic mass is 10.1. The van der Waals surface area contributed by atoms with E-state index >= 15 is 0 Å². The number of aryl methyl sites for hydroxylation is 1. The van der Waals surface area contributed by atoms with Crippen LogP contribution in [0, 0.1) is 18.8 Å². The summed E-state index contributed by atoms with van der Waals surface area (Å²) in [5.74, 6) is 4.47. The van der Waals surface area contributed by atoms with E-state index < -0.39 is 32.0 Å². The minimum absolute atomic E-state index is 0.0135. The maximum absolute atomic E-state index is 12.7. The van der Waals surface area contributed by atoms with E-state index in [2.05, 4.69) is 26.3 Å². The summed E-state index contributed by atoms with van der Waals surface area (Å²) in [4.78, 5) is 15.9. The summed E-state index contributed by atoms with van der Waals surface area (Å²) in [5.41, 5.74) is 7.99. The first-order valence-corrected chi connectivity index (χ1v) is 13.9. The van der Waals surface area contributed by atoms with Crippen LogP contribution in [-0.2, 0) is 24.8 Å². The van der Waals surface area contributed by atoms with Gasteiger partial charge in [0.2, 0.25) is 16.0 Å². The van der Waals surface area contributed by atoms with Gasteiger partial charge in [-0.2, -0.15) is 4.72 Å². The molecule has 2 aromatic carbocycles. The summed E-state index contributed by atoms with van der Waals surface area (Å²) >= 11 is 0.